The van der Waals surface area contributed by atoms with Crippen molar-refractivity contribution in [3.8, 4) is 0 Å². The van der Waals surface area contributed by atoms with E-state index in [0.717, 1.165) is 10.8 Å². The van der Waals surface area contributed by atoms with Crippen molar-refractivity contribution in [2.24, 2.45) is 0 Å². The third kappa shape index (κ3) is 2.20. The van der Waals surface area contributed by atoms with Crippen molar-refractivity contribution >= 4 is 17.7 Å². The van der Waals surface area contributed by atoms with E-state index in [1.165, 1.54) is 24.2 Å². The van der Waals surface area contributed by atoms with Crippen molar-refractivity contribution in [3.63, 3.8) is 0 Å². The molecule has 0 radical (unpaired) electrons. The van der Waals surface area contributed by atoms with Gasteiger partial charge in [-0.3, -0.25) is 0 Å². The number of aromatic nitrogens is 2. The maximum Gasteiger partial charge on any atom is 0.356 e. The summed E-state index contributed by atoms with van der Waals surface area (Å²) in [6, 6.07) is 0. The van der Waals surface area contributed by atoms with Crippen LogP contribution in [0, 0.1) is 0 Å². The lowest BCUT2D eigenvalue weighted by Crippen LogP contribution is -2.00. The first-order valence-electron chi connectivity index (χ1n) is 3.42. The standard InChI is InChI=1S/C7H8N2O2S/c1-2-12-6-4-8-5(3-9-6)7(10)11/h3-4H,2H2,1H3,(H,10,11). The summed E-state index contributed by atoms with van der Waals surface area (Å²) < 4.78 is 0. The molecule has 0 aliphatic heterocycles. The quantitative estimate of drug-likeness (QED) is 0.717. The molecule has 64 valence electrons. The van der Waals surface area contributed by atoms with E-state index in [-0.39, 0.29) is 5.69 Å². The topological polar surface area (TPSA) is 63.1 Å². The summed E-state index contributed by atoms with van der Waals surface area (Å²) in [6.45, 7) is 2.00. The molecule has 1 N–H and O–H groups in total. The molecule has 0 aliphatic rings. The molecule has 0 bridgehead atoms. The van der Waals surface area contributed by atoms with Crippen molar-refractivity contribution in [1.82, 2.24) is 9.97 Å². The Bertz CT molecular complexity index is 273. The van der Waals surface area contributed by atoms with E-state index >= 15 is 0 Å². The number of thioether (sulfide) groups is 1. The Morgan fingerprint density at radius 1 is 1.58 bits per heavy atom. The minimum absolute atomic E-state index is 0.0181. The van der Waals surface area contributed by atoms with Gasteiger partial charge < -0.3 is 5.11 Å². The van der Waals surface area contributed by atoms with Gasteiger partial charge in [-0.25, -0.2) is 14.8 Å². The Hall–Kier alpha value is -1.10. The predicted molar refractivity (Wildman–Crippen MR) is 45.4 cm³/mol. The van der Waals surface area contributed by atoms with Crippen LogP contribution >= 0.6 is 11.8 Å². The fourth-order valence-electron chi connectivity index (χ4n) is 0.649. The summed E-state index contributed by atoms with van der Waals surface area (Å²) in [4.78, 5) is 18.0. The molecule has 0 spiro atoms. The van der Waals surface area contributed by atoms with Gasteiger partial charge in [-0.2, -0.15) is 0 Å². The highest BCUT2D eigenvalue weighted by atomic mass is 32.2. The van der Waals surface area contributed by atoms with E-state index in [4.69, 9.17) is 5.11 Å². The molecular formula is C7H8N2O2S. The minimum atomic E-state index is -1.05. The second kappa shape index (κ2) is 4.06. The van der Waals surface area contributed by atoms with Crippen LogP contribution in [0.15, 0.2) is 17.4 Å². The van der Waals surface area contributed by atoms with Crippen molar-refractivity contribution in [2.75, 3.05) is 5.75 Å². The lowest BCUT2D eigenvalue weighted by molar-refractivity contribution is 0.0689. The third-order valence-corrected chi connectivity index (χ3v) is 1.93. The third-order valence-electron chi connectivity index (χ3n) is 1.14. The predicted octanol–water partition coefficient (Wildman–Crippen LogP) is 1.29. The first-order valence-corrected chi connectivity index (χ1v) is 4.40. The van der Waals surface area contributed by atoms with E-state index in [2.05, 4.69) is 9.97 Å². The Kier molecular flexibility index (Phi) is 3.04. The van der Waals surface area contributed by atoms with Crippen LogP contribution in [0.4, 0.5) is 0 Å². The molecule has 0 fully saturated rings. The van der Waals surface area contributed by atoms with Crippen molar-refractivity contribution < 1.29 is 9.90 Å². The summed E-state index contributed by atoms with van der Waals surface area (Å²) in [5.41, 5.74) is -0.0181. The first-order chi connectivity index (χ1) is 5.74. The van der Waals surface area contributed by atoms with Crippen LogP contribution in [0.5, 0.6) is 0 Å². The second-order valence-electron chi connectivity index (χ2n) is 1.98. The van der Waals surface area contributed by atoms with Crippen molar-refractivity contribution in [1.29, 1.82) is 0 Å². The Morgan fingerprint density at radius 2 is 2.33 bits per heavy atom. The average molecular weight is 184 g/mol. The second-order valence-corrected chi connectivity index (χ2v) is 3.26. The number of aromatic carboxylic acids is 1. The Balaban J connectivity index is 2.78. The number of carboxylic acid groups (broad SMARTS) is 1. The van der Waals surface area contributed by atoms with Gasteiger partial charge in [0.2, 0.25) is 0 Å². The number of carbonyl (C=O) groups is 1. The average Bonchev–Trinajstić information content (AvgIpc) is 2.06. The highest BCUT2D eigenvalue weighted by Crippen LogP contribution is 2.12. The van der Waals surface area contributed by atoms with Crippen LogP contribution in [0.25, 0.3) is 0 Å². The molecule has 5 heteroatoms. The molecule has 0 saturated heterocycles. The molecule has 1 rings (SSSR count). The lowest BCUT2D eigenvalue weighted by Gasteiger charge is -1.96. The molecule has 4 nitrogen and oxygen atoms in total. The Morgan fingerprint density at radius 3 is 2.75 bits per heavy atom. The first kappa shape index (κ1) is 8.99. The van der Waals surface area contributed by atoms with Gasteiger partial charge in [-0.05, 0) is 5.75 Å². The molecule has 0 saturated carbocycles. The summed E-state index contributed by atoms with van der Waals surface area (Å²) >= 11 is 1.53. The summed E-state index contributed by atoms with van der Waals surface area (Å²) in [6.07, 6.45) is 2.73. The van der Waals surface area contributed by atoms with Crippen LogP contribution in [0.3, 0.4) is 0 Å². The van der Waals surface area contributed by atoms with E-state index in [1.54, 1.807) is 0 Å². The van der Waals surface area contributed by atoms with Gasteiger partial charge in [-0.1, -0.05) is 6.92 Å². The van der Waals surface area contributed by atoms with Crippen LogP contribution in [0.1, 0.15) is 17.4 Å². The molecule has 0 atom stereocenters. The molecule has 0 amide bonds. The largest absolute Gasteiger partial charge is 0.476 e. The van der Waals surface area contributed by atoms with Crippen molar-refractivity contribution in [2.45, 2.75) is 11.9 Å². The molecule has 0 unspecified atom stereocenters. The lowest BCUT2D eigenvalue weighted by atomic mass is 10.5. The fraction of sp³-hybridized carbons (Fsp3) is 0.286. The maximum absolute atomic E-state index is 10.4. The van der Waals surface area contributed by atoms with E-state index < -0.39 is 5.97 Å². The molecule has 1 heterocycles. The molecule has 1 aromatic rings. The van der Waals surface area contributed by atoms with E-state index in [0.29, 0.717) is 0 Å². The van der Waals surface area contributed by atoms with Crippen LogP contribution in [-0.2, 0) is 0 Å². The van der Waals surface area contributed by atoms with E-state index in [9.17, 15) is 4.79 Å². The van der Waals surface area contributed by atoms with Gasteiger partial charge in [0.15, 0.2) is 5.69 Å². The Labute approximate surface area is 74.0 Å². The summed E-state index contributed by atoms with van der Waals surface area (Å²) in [7, 11) is 0. The summed E-state index contributed by atoms with van der Waals surface area (Å²) in [5.74, 6) is -0.142. The smallest absolute Gasteiger partial charge is 0.356 e. The number of nitrogens with zero attached hydrogens (tertiary/aromatic N) is 2. The van der Waals surface area contributed by atoms with Crippen LogP contribution in [0.2, 0.25) is 0 Å². The number of rotatable bonds is 3. The maximum atomic E-state index is 10.4. The van der Waals surface area contributed by atoms with E-state index in [1.807, 2.05) is 6.92 Å². The molecular weight excluding hydrogens is 176 g/mol. The van der Waals surface area contributed by atoms with Crippen LogP contribution < -0.4 is 0 Å². The zero-order valence-corrected chi connectivity index (χ0v) is 7.34. The van der Waals surface area contributed by atoms with Gasteiger partial charge in [0.25, 0.3) is 0 Å². The SMILES string of the molecule is CCSc1cnc(C(=O)O)cn1. The summed E-state index contributed by atoms with van der Waals surface area (Å²) in [5, 5.41) is 9.25. The number of carboxylic acids is 1. The normalized spacial score (nSPS) is 9.75. The number of hydrogen-bond donors (Lipinski definition) is 1. The monoisotopic (exact) mass is 184 g/mol. The zero-order chi connectivity index (χ0) is 8.97. The minimum Gasteiger partial charge on any atom is -0.476 e. The molecule has 0 aromatic carbocycles. The fourth-order valence-corrected chi connectivity index (χ4v) is 1.20. The van der Waals surface area contributed by atoms with Crippen molar-refractivity contribution in [3.05, 3.63) is 18.1 Å². The molecule has 12 heavy (non-hydrogen) atoms. The van der Waals surface area contributed by atoms with Gasteiger partial charge in [0.05, 0.1) is 12.4 Å². The van der Waals surface area contributed by atoms with Gasteiger partial charge in [0.1, 0.15) is 5.03 Å². The highest BCUT2D eigenvalue weighted by Gasteiger charge is 2.03. The zero-order valence-electron chi connectivity index (χ0n) is 6.52. The van der Waals surface area contributed by atoms with Gasteiger partial charge in [0, 0.05) is 0 Å². The van der Waals surface area contributed by atoms with Crippen LogP contribution in [-0.4, -0.2) is 26.8 Å². The molecule has 1 aromatic heterocycles. The number of hydrogen-bond acceptors (Lipinski definition) is 4. The molecule has 0 aliphatic carbocycles. The van der Waals surface area contributed by atoms with Gasteiger partial charge in [-0.15, -0.1) is 11.8 Å². The highest BCUT2D eigenvalue weighted by molar-refractivity contribution is 7.99. The van der Waals surface area contributed by atoms with Gasteiger partial charge >= 0.3 is 5.97 Å².